The minimum absolute atomic E-state index is 0.170. The summed E-state index contributed by atoms with van der Waals surface area (Å²) >= 11 is 0. The van der Waals surface area contributed by atoms with Crippen LogP contribution in [-0.2, 0) is 4.79 Å². The number of benzene rings is 1. The van der Waals surface area contributed by atoms with Crippen molar-refractivity contribution in [2.24, 2.45) is 5.73 Å². The first-order chi connectivity index (χ1) is 18.5. The lowest BCUT2D eigenvalue weighted by Crippen LogP contribution is -2.15. The fourth-order valence-electron chi connectivity index (χ4n) is 5.32. The molecule has 2 N–H and O–H groups in total. The van der Waals surface area contributed by atoms with Crippen LogP contribution in [0.5, 0.6) is 0 Å². The summed E-state index contributed by atoms with van der Waals surface area (Å²) in [6, 6.07) is 18.3. The number of fused-ring (bicyclic) bond motifs is 1. The third-order valence-electron chi connectivity index (χ3n) is 7.16. The molecule has 0 aliphatic heterocycles. The molecule has 0 saturated carbocycles. The van der Waals surface area contributed by atoms with Crippen LogP contribution in [0.3, 0.4) is 0 Å². The number of primary amides is 1. The van der Waals surface area contributed by atoms with Crippen LogP contribution in [0, 0.1) is 13.8 Å². The number of nitrogens with zero attached hydrogens (tertiary/aromatic N) is 4. The summed E-state index contributed by atoms with van der Waals surface area (Å²) in [7, 11) is 0. The maximum atomic E-state index is 11.7. The maximum Gasteiger partial charge on any atom is 0.244 e. The number of aryl methyl sites for hydroxylation is 2. The Morgan fingerprint density at radius 1 is 1.03 bits per heavy atom. The minimum Gasteiger partial charge on any atom is -0.366 e. The van der Waals surface area contributed by atoms with Crippen LogP contribution in [0.15, 0.2) is 95.4 Å². The zero-order chi connectivity index (χ0) is 26.2. The molecule has 1 aliphatic rings. The van der Waals surface area contributed by atoms with Gasteiger partial charge in [-0.1, -0.05) is 53.7 Å². The van der Waals surface area contributed by atoms with E-state index in [-0.39, 0.29) is 11.9 Å². The van der Waals surface area contributed by atoms with Gasteiger partial charge >= 0.3 is 0 Å². The molecule has 4 aromatic heterocycles. The lowest BCUT2D eigenvalue weighted by molar-refractivity contribution is -0.114. The van der Waals surface area contributed by atoms with Gasteiger partial charge in [0.25, 0.3) is 0 Å². The lowest BCUT2D eigenvalue weighted by atomic mass is 9.93. The molecule has 0 fully saturated rings. The first-order valence-electron chi connectivity index (χ1n) is 12.6. The normalized spacial score (nSPS) is 14.3. The maximum absolute atomic E-state index is 11.7. The number of carbonyl (C=O) groups is 1. The summed E-state index contributed by atoms with van der Waals surface area (Å²) in [6.07, 6.45) is 11.0. The third kappa shape index (κ3) is 4.12. The molecule has 7 nitrogen and oxygen atoms in total. The smallest absolute Gasteiger partial charge is 0.244 e. The van der Waals surface area contributed by atoms with E-state index < -0.39 is 0 Å². The van der Waals surface area contributed by atoms with E-state index >= 15 is 0 Å². The summed E-state index contributed by atoms with van der Waals surface area (Å²) in [5.41, 5.74) is 14.9. The SMILES string of the molecule is Cc1noc(C)c1-c1cnc2c(C3=CC=C(C(N)=O)CC3)cn([C@H](c3ccccc3)c3ccccn3)c2c1. The van der Waals surface area contributed by atoms with Crippen LogP contribution < -0.4 is 5.73 Å². The average Bonchev–Trinajstić information content (AvgIpc) is 3.49. The van der Waals surface area contributed by atoms with E-state index in [1.54, 1.807) is 0 Å². The van der Waals surface area contributed by atoms with E-state index in [2.05, 4.69) is 40.2 Å². The van der Waals surface area contributed by atoms with E-state index in [0.717, 1.165) is 56.0 Å². The van der Waals surface area contributed by atoms with Gasteiger partial charge in [0.2, 0.25) is 5.91 Å². The molecule has 1 atom stereocenters. The number of hydrogen-bond acceptors (Lipinski definition) is 5. The van der Waals surface area contributed by atoms with E-state index in [1.807, 2.05) is 68.7 Å². The first-order valence-corrected chi connectivity index (χ1v) is 12.6. The van der Waals surface area contributed by atoms with Crippen LogP contribution in [0.1, 0.15) is 47.2 Å². The molecule has 188 valence electrons. The molecule has 5 aromatic rings. The summed E-state index contributed by atoms with van der Waals surface area (Å²) < 4.78 is 7.72. The minimum atomic E-state index is -0.371. The van der Waals surface area contributed by atoms with Gasteiger partial charge in [-0.3, -0.25) is 14.8 Å². The predicted octanol–water partition coefficient (Wildman–Crippen LogP) is 5.93. The van der Waals surface area contributed by atoms with Gasteiger partial charge in [-0.15, -0.1) is 0 Å². The Labute approximate surface area is 220 Å². The van der Waals surface area contributed by atoms with Crippen molar-refractivity contribution >= 4 is 22.5 Å². The Hall–Kier alpha value is -4.78. The molecule has 1 amide bonds. The molecule has 0 spiro atoms. The number of aromatic nitrogens is 4. The summed E-state index contributed by atoms with van der Waals surface area (Å²) in [5, 5.41) is 4.15. The van der Waals surface area contributed by atoms with Gasteiger partial charge < -0.3 is 14.8 Å². The van der Waals surface area contributed by atoms with Gasteiger partial charge in [-0.05, 0) is 56.0 Å². The van der Waals surface area contributed by atoms with Gasteiger partial charge in [-0.25, -0.2) is 0 Å². The zero-order valence-electron chi connectivity index (χ0n) is 21.3. The van der Waals surface area contributed by atoms with Gasteiger partial charge in [-0.2, -0.15) is 0 Å². The standard InChI is InChI=1S/C31H27N5O2/c1-19-28(20(2)38-35-19)24-16-27-29(34-17-24)25(21-11-13-23(14-12-21)31(32)37)18-36(27)30(22-8-4-3-5-9-22)26-10-6-7-15-33-26/h3-11,13,15-18,30H,12,14H2,1-2H3,(H2,32,37)/t30-/m1/s1. The van der Waals surface area contributed by atoms with Gasteiger partial charge in [0.05, 0.1) is 22.4 Å². The van der Waals surface area contributed by atoms with E-state index in [9.17, 15) is 4.79 Å². The quantitative estimate of drug-likeness (QED) is 0.311. The second-order valence-corrected chi connectivity index (χ2v) is 9.56. The summed E-state index contributed by atoms with van der Waals surface area (Å²) in [5.74, 6) is 0.384. The fraction of sp³-hybridized carbons (Fsp3) is 0.161. The molecule has 1 aromatic carbocycles. The van der Waals surface area contributed by atoms with Crippen molar-refractivity contribution < 1.29 is 9.32 Å². The first kappa shape index (κ1) is 23.6. The monoisotopic (exact) mass is 501 g/mol. The Bertz CT molecular complexity index is 1650. The number of nitrogens with two attached hydrogens (primary N) is 1. The largest absolute Gasteiger partial charge is 0.366 e. The Morgan fingerprint density at radius 3 is 2.50 bits per heavy atom. The topological polar surface area (TPSA) is 99.8 Å². The van der Waals surface area contributed by atoms with Crippen molar-refractivity contribution in [3.8, 4) is 11.1 Å². The number of pyridine rings is 2. The zero-order valence-corrected chi connectivity index (χ0v) is 21.3. The number of hydrogen-bond donors (Lipinski definition) is 1. The molecule has 0 saturated heterocycles. The van der Waals surface area contributed by atoms with Gasteiger partial charge in [0.15, 0.2) is 0 Å². The highest BCUT2D eigenvalue weighted by atomic mass is 16.5. The molecular weight excluding hydrogens is 474 g/mol. The van der Waals surface area contributed by atoms with Crippen LogP contribution in [0.2, 0.25) is 0 Å². The van der Waals surface area contributed by atoms with Crippen LogP contribution in [0.25, 0.3) is 27.7 Å². The fourth-order valence-corrected chi connectivity index (χ4v) is 5.32. The van der Waals surface area contributed by atoms with Crippen molar-refractivity contribution in [1.29, 1.82) is 0 Å². The molecular formula is C31H27N5O2. The molecule has 38 heavy (non-hydrogen) atoms. The van der Waals surface area contributed by atoms with E-state index in [4.69, 9.17) is 20.2 Å². The van der Waals surface area contributed by atoms with Crippen molar-refractivity contribution in [3.63, 3.8) is 0 Å². The highest BCUT2D eigenvalue weighted by Gasteiger charge is 2.25. The summed E-state index contributed by atoms with van der Waals surface area (Å²) in [6.45, 7) is 3.86. The Kier molecular flexibility index (Phi) is 5.96. The van der Waals surface area contributed by atoms with E-state index in [1.165, 1.54) is 0 Å². The van der Waals surface area contributed by atoms with Crippen LogP contribution in [-0.4, -0.2) is 25.6 Å². The second kappa shape index (κ2) is 9.59. The molecule has 6 rings (SSSR count). The van der Waals surface area contributed by atoms with Crippen molar-refractivity contribution in [2.45, 2.75) is 32.7 Å². The molecule has 0 radical (unpaired) electrons. The lowest BCUT2D eigenvalue weighted by Gasteiger charge is -2.20. The Morgan fingerprint density at radius 2 is 1.84 bits per heavy atom. The molecule has 7 heteroatoms. The number of amides is 1. The third-order valence-corrected chi connectivity index (χ3v) is 7.16. The van der Waals surface area contributed by atoms with Crippen molar-refractivity contribution in [2.75, 3.05) is 0 Å². The highest BCUT2D eigenvalue weighted by Crippen LogP contribution is 2.38. The van der Waals surface area contributed by atoms with Gasteiger partial charge in [0.1, 0.15) is 11.8 Å². The van der Waals surface area contributed by atoms with Crippen molar-refractivity contribution in [1.82, 2.24) is 19.7 Å². The highest BCUT2D eigenvalue weighted by molar-refractivity contribution is 5.96. The molecule has 4 heterocycles. The average molecular weight is 502 g/mol. The number of rotatable bonds is 6. The second-order valence-electron chi connectivity index (χ2n) is 9.56. The molecule has 0 bridgehead atoms. The number of allylic oxidation sites excluding steroid dienone is 3. The van der Waals surface area contributed by atoms with Crippen molar-refractivity contribution in [3.05, 3.63) is 119 Å². The number of carbonyl (C=O) groups excluding carboxylic acids is 1. The molecule has 1 aliphatic carbocycles. The van der Waals surface area contributed by atoms with Crippen LogP contribution >= 0.6 is 0 Å². The molecule has 0 unspecified atom stereocenters. The van der Waals surface area contributed by atoms with Crippen LogP contribution in [0.4, 0.5) is 0 Å². The summed E-state index contributed by atoms with van der Waals surface area (Å²) in [4.78, 5) is 21.4. The Balaban J connectivity index is 1.62. The van der Waals surface area contributed by atoms with E-state index in [0.29, 0.717) is 18.4 Å². The van der Waals surface area contributed by atoms with Gasteiger partial charge in [0, 0.05) is 40.9 Å². The predicted molar refractivity (Wildman–Crippen MR) is 147 cm³/mol.